The molecule has 1 atom stereocenters. The topological polar surface area (TPSA) is 77.8 Å². The van der Waals surface area contributed by atoms with E-state index in [1.807, 2.05) is 11.8 Å². The van der Waals surface area contributed by atoms with Crippen LogP contribution in [0.2, 0.25) is 0 Å². The van der Waals surface area contributed by atoms with Crippen LogP contribution in [0.4, 0.5) is 0 Å². The van der Waals surface area contributed by atoms with Crippen LogP contribution in [-0.2, 0) is 9.59 Å². The summed E-state index contributed by atoms with van der Waals surface area (Å²) in [6, 6.07) is -0.550. The summed E-state index contributed by atoms with van der Waals surface area (Å²) >= 11 is 0. The number of carbonyl (C=O) groups is 2. The zero-order chi connectivity index (χ0) is 14.7. The summed E-state index contributed by atoms with van der Waals surface area (Å²) in [7, 11) is 0. The van der Waals surface area contributed by atoms with E-state index in [4.69, 9.17) is 5.11 Å². The number of carboxylic acids is 2. The fourth-order valence-electron chi connectivity index (χ4n) is 2.14. The van der Waals surface area contributed by atoms with Crippen LogP contribution in [0.1, 0.15) is 58.8 Å². The lowest BCUT2D eigenvalue weighted by atomic mass is 10.1. The lowest BCUT2D eigenvalue weighted by molar-refractivity contribution is -0.145. The molecule has 112 valence electrons. The number of nitrogens with zero attached hydrogens (tertiary/aromatic N) is 1. The molecule has 5 heteroatoms. The van der Waals surface area contributed by atoms with Crippen LogP contribution < -0.4 is 0 Å². The molecule has 5 nitrogen and oxygen atoms in total. The maximum absolute atomic E-state index is 11.3. The minimum Gasteiger partial charge on any atom is -0.481 e. The van der Waals surface area contributed by atoms with E-state index in [2.05, 4.69) is 6.92 Å². The van der Waals surface area contributed by atoms with Crippen LogP contribution in [0.25, 0.3) is 0 Å². The molecule has 0 spiro atoms. The van der Waals surface area contributed by atoms with Crippen molar-refractivity contribution < 1.29 is 19.8 Å². The molecular formula is C14H27NO4. The van der Waals surface area contributed by atoms with Gasteiger partial charge in [-0.3, -0.25) is 14.5 Å². The fraction of sp³-hybridized carbons (Fsp3) is 0.857. The van der Waals surface area contributed by atoms with Crippen molar-refractivity contribution >= 4 is 11.9 Å². The molecule has 0 saturated carbocycles. The third-order valence-electron chi connectivity index (χ3n) is 3.20. The first-order chi connectivity index (χ1) is 9.02. The molecule has 0 aromatic carbocycles. The minimum atomic E-state index is -0.876. The van der Waals surface area contributed by atoms with Gasteiger partial charge in [0.15, 0.2) is 0 Å². The Morgan fingerprint density at radius 3 is 2.16 bits per heavy atom. The van der Waals surface area contributed by atoms with Crippen LogP contribution in [0, 0.1) is 0 Å². The van der Waals surface area contributed by atoms with Crippen molar-refractivity contribution in [1.82, 2.24) is 4.90 Å². The van der Waals surface area contributed by atoms with Gasteiger partial charge in [-0.05, 0) is 19.4 Å². The molecule has 0 aliphatic rings. The molecule has 0 bridgehead atoms. The van der Waals surface area contributed by atoms with Crippen molar-refractivity contribution in [3.8, 4) is 0 Å². The number of carboxylic acid groups (broad SMARTS) is 2. The Labute approximate surface area is 115 Å². The van der Waals surface area contributed by atoms with Gasteiger partial charge in [0.2, 0.25) is 0 Å². The van der Waals surface area contributed by atoms with Crippen molar-refractivity contribution in [2.45, 2.75) is 64.8 Å². The van der Waals surface area contributed by atoms with E-state index in [9.17, 15) is 14.7 Å². The third-order valence-corrected chi connectivity index (χ3v) is 3.20. The van der Waals surface area contributed by atoms with Gasteiger partial charge in [0.05, 0.1) is 6.42 Å². The maximum Gasteiger partial charge on any atom is 0.320 e. The Hall–Kier alpha value is -1.10. The van der Waals surface area contributed by atoms with E-state index in [1.165, 1.54) is 0 Å². The highest BCUT2D eigenvalue weighted by Gasteiger charge is 2.24. The molecule has 0 amide bonds. The van der Waals surface area contributed by atoms with Gasteiger partial charge in [-0.25, -0.2) is 0 Å². The molecule has 0 saturated heterocycles. The van der Waals surface area contributed by atoms with E-state index in [0.717, 1.165) is 32.1 Å². The Kier molecular flexibility index (Phi) is 10.2. The van der Waals surface area contributed by atoms with Gasteiger partial charge in [-0.15, -0.1) is 0 Å². The van der Waals surface area contributed by atoms with E-state index in [1.54, 1.807) is 0 Å². The minimum absolute atomic E-state index is 0.00126. The highest BCUT2D eigenvalue weighted by Crippen LogP contribution is 2.11. The molecule has 0 heterocycles. The predicted molar refractivity (Wildman–Crippen MR) is 74.3 cm³/mol. The van der Waals surface area contributed by atoms with Crippen molar-refractivity contribution in [1.29, 1.82) is 0 Å². The molecule has 0 aromatic heterocycles. The van der Waals surface area contributed by atoms with Crippen molar-refractivity contribution in [3.63, 3.8) is 0 Å². The van der Waals surface area contributed by atoms with Gasteiger partial charge in [0, 0.05) is 6.54 Å². The van der Waals surface area contributed by atoms with Gasteiger partial charge in [-0.1, -0.05) is 39.5 Å². The average Bonchev–Trinajstić information content (AvgIpc) is 2.35. The Balaban J connectivity index is 4.42. The third kappa shape index (κ3) is 8.59. The monoisotopic (exact) mass is 273 g/mol. The molecule has 0 rings (SSSR count). The van der Waals surface area contributed by atoms with E-state index < -0.39 is 18.0 Å². The van der Waals surface area contributed by atoms with Gasteiger partial charge >= 0.3 is 11.9 Å². The van der Waals surface area contributed by atoms with E-state index >= 15 is 0 Å². The number of hydrogen-bond donors (Lipinski definition) is 2. The van der Waals surface area contributed by atoms with Crippen LogP contribution in [0.5, 0.6) is 0 Å². The van der Waals surface area contributed by atoms with Crippen molar-refractivity contribution in [3.05, 3.63) is 0 Å². The molecule has 19 heavy (non-hydrogen) atoms. The number of aliphatic carboxylic acids is 2. The predicted octanol–water partition coefficient (Wildman–Crippen LogP) is 2.60. The lowest BCUT2D eigenvalue weighted by Crippen LogP contribution is -2.42. The largest absolute Gasteiger partial charge is 0.481 e. The fourth-order valence-corrected chi connectivity index (χ4v) is 2.14. The Morgan fingerprint density at radius 1 is 1.00 bits per heavy atom. The smallest absolute Gasteiger partial charge is 0.320 e. The summed E-state index contributed by atoms with van der Waals surface area (Å²) in [5.41, 5.74) is 0. The van der Waals surface area contributed by atoms with Crippen LogP contribution in [0.15, 0.2) is 0 Å². The summed E-state index contributed by atoms with van der Waals surface area (Å²) in [5.74, 6) is -1.72. The number of unbranched alkanes of at least 4 members (excludes halogenated alkanes) is 3. The van der Waals surface area contributed by atoms with Crippen LogP contribution in [0.3, 0.4) is 0 Å². The summed E-state index contributed by atoms with van der Waals surface area (Å²) < 4.78 is 0. The quantitative estimate of drug-likeness (QED) is 0.534. The molecule has 0 fully saturated rings. The normalized spacial score (nSPS) is 12.6. The van der Waals surface area contributed by atoms with Crippen LogP contribution in [-0.4, -0.2) is 46.2 Å². The average molecular weight is 273 g/mol. The zero-order valence-electron chi connectivity index (χ0n) is 12.1. The van der Waals surface area contributed by atoms with Gasteiger partial charge in [-0.2, -0.15) is 0 Å². The number of rotatable bonds is 12. The SMILES string of the molecule is CCCCCCN(CCC(=O)O)C(CCC)C(=O)O. The van der Waals surface area contributed by atoms with Gasteiger partial charge < -0.3 is 10.2 Å². The molecule has 0 radical (unpaired) electrons. The summed E-state index contributed by atoms with van der Waals surface area (Å²) in [4.78, 5) is 23.7. The zero-order valence-corrected chi connectivity index (χ0v) is 12.1. The van der Waals surface area contributed by atoms with Crippen LogP contribution >= 0.6 is 0 Å². The first-order valence-electron chi connectivity index (χ1n) is 7.21. The highest BCUT2D eigenvalue weighted by molar-refractivity contribution is 5.73. The Bertz CT molecular complexity index is 268. The first-order valence-corrected chi connectivity index (χ1v) is 7.21. The maximum atomic E-state index is 11.3. The summed E-state index contributed by atoms with van der Waals surface area (Å²) in [6.07, 6.45) is 5.63. The van der Waals surface area contributed by atoms with E-state index in [0.29, 0.717) is 19.5 Å². The van der Waals surface area contributed by atoms with Crippen molar-refractivity contribution in [2.75, 3.05) is 13.1 Å². The second kappa shape index (κ2) is 10.8. The first kappa shape index (κ1) is 17.9. The van der Waals surface area contributed by atoms with E-state index in [-0.39, 0.29) is 6.42 Å². The molecule has 1 unspecified atom stereocenters. The molecule has 0 aromatic rings. The standard InChI is InChI=1S/C14H27NO4/c1-3-5-6-7-10-15(11-9-13(16)17)12(8-4-2)14(18)19/h12H,3-11H2,1-2H3,(H,16,17)(H,18,19). The van der Waals surface area contributed by atoms with Gasteiger partial charge in [0.25, 0.3) is 0 Å². The molecule has 0 aliphatic heterocycles. The molecular weight excluding hydrogens is 246 g/mol. The van der Waals surface area contributed by atoms with Crippen molar-refractivity contribution in [2.24, 2.45) is 0 Å². The molecule has 2 N–H and O–H groups in total. The summed E-state index contributed by atoms with van der Waals surface area (Å²) in [6.45, 7) is 5.06. The Morgan fingerprint density at radius 2 is 1.68 bits per heavy atom. The number of hydrogen-bond acceptors (Lipinski definition) is 3. The highest BCUT2D eigenvalue weighted by atomic mass is 16.4. The summed E-state index contributed by atoms with van der Waals surface area (Å²) in [5, 5.41) is 18.0. The second-order valence-electron chi connectivity index (χ2n) is 4.88. The lowest BCUT2D eigenvalue weighted by Gasteiger charge is -2.28. The van der Waals surface area contributed by atoms with Gasteiger partial charge in [0.1, 0.15) is 6.04 Å². The molecule has 0 aliphatic carbocycles. The second-order valence-corrected chi connectivity index (χ2v) is 4.88.